The highest BCUT2D eigenvalue weighted by atomic mass is 19.1. The van der Waals surface area contributed by atoms with Crippen molar-refractivity contribution in [2.45, 2.75) is 31.3 Å². The van der Waals surface area contributed by atoms with E-state index < -0.39 is 17.2 Å². The highest BCUT2D eigenvalue weighted by molar-refractivity contribution is 5.83. The number of allylic oxidation sites excluding steroid dienone is 1. The third-order valence-corrected chi connectivity index (χ3v) is 3.33. The van der Waals surface area contributed by atoms with Crippen LogP contribution in [0, 0.1) is 5.82 Å². The molecule has 1 aliphatic rings. The van der Waals surface area contributed by atoms with Crippen LogP contribution < -0.4 is 4.74 Å². The first-order chi connectivity index (χ1) is 8.49. The molecule has 0 radical (unpaired) electrons. The Morgan fingerprint density at radius 1 is 1.72 bits per heavy atom. The zero-order chi connectivity index (χ0) is 13.3. The van der Waals surface area contributed by atoms with E-state index >= 15 is 0 Å². The summed E-state index contributed by atoms with van der Waals surface area (Å²) in [5.74, 6) is -1.04. The summed E-state index contributed by atoms with van der Waals surface area (Å²) in [5.41, 5.74) is -0.544. The van der Waals surface area contributed by atoms with Crippen LogP contribution in [0.25, 0.3) is 0 Å². The van der Waals surface area contributed by atoms with Crippen molar-refractivity contribution in [3.05, 3.63) is 42.2 Å². The molecule has 96 valence electrons. The number of halogens is 1. The Labute approximate surface area is 105 Å². The van der Waals surface area contributed by atoms with Crippen LogP contribution >= 0.6 is 0 Å². The molecular weight excluding hydrogens is 235 g/mol. The maximum atomic E-state index is 13.2. The van der Waals surface area contributed by atoms with Crippen LogP contribution in [0.4, 0.5) is 4.39 Å². The summed E-state index contributed by atoms with van der Waals surface area (Å²) in [5, 5.41) is 9.56. The molecular formula is C14H15FO3. The molecule has 1 aliphatic heterocycles. The average Bonchev–Trinajstić information content (AvgIpc) is 2.27. The Hall–Kier alpha value is -1.84. The van der Waals surface area contributed by atoms with Gasteiger partial charge in [-0.1, -0.05) is 12.1 Å². The standard InChI is InChI=1S/C14H15FO3/c1-3-6-14(13(16)17)8-9(2)18-12-7-10(15)4-5-11(12)14/h3-5,7,9H,1,6,8H2,2H3,(H,16,17)/t9-,14-/m0/s1. The van der Waals surface area contributed by atoms with Crippen LogP contribution in [0.2, 0.25) is 0 Å². The van der Waals surface area contributed by atoms with Gasteiger partial charge in [-0.3, -0.25) is 4.79 Å². The third-order valence-electron chi connectivity index (χ3n) is 3.33. The Kier molecular flexibility index (Phi) is 3.11. The quantitative estimate of drug-likeness (QED) is 0.839. The smallest absolute Gasteiger partial charge is 0.314 e. The van der Waals surface area contributed by atoms with Crippen LogP contribution in [-0.4, -0.2) is 17.2 Å². The first-order valence-corrected chi connectivity index (χ1v) is 5.80. The lowest BCUT2D eigenvalue weighted by Gasteiger charge is -2.37. The van der Waals surface area contributed by atoms with E-state index in [9.17, 15) is 14.3 Å². The van der Waals surface area contributed by atoms with Crippen LogP contribution in [0.15, 0.2) is 30.9 Å². The van der Waals surface area contributed by atoms with Crippen molar-refractivity contribution in [3.8, 4) is 5.75 Å². The van der Waals surface area contributed by atoms with Crippen LogP contribution in [0.5, 0.6) is 5.75 Å². The molecule has 0 fully saturated rings. The number of hydrogen-bond acceptors (Lipinski definition) is 2. The fraction of sp³-hybridized carbons (Fsp3) is 0.357. The number of aliphatic carboxylic acids is 1. The number of benzene rings is 1. The van der Waals surface area contributed by atoms with Gasteiger partial charge in [-0.2, -0.15) is 0 Å². The summed E-state index contributed by atoms with van der Waals surface area (Å²) in [4.78, 5) is 11.7. The predicted octanol–water partition coefficient (Wildman–Crippen LogP) is 2.90. The second-order valence-electron chi connectivity index (χ2n) is 4.65. The van der Waals surface area contributed by atoms with Crippen molar-refractivity contribution < 1.29 is 19.0 Å². The molecule has 0 saturated heterocycles. The van der Waals surface area contributed by atoms with Gasteiger partial charge in [-0.05, 0) is 19.4 Å². The molecule has 0 amide bonds. The lowest BCUT2D eigenvalue weighted by molar-refractivity contribution is -0.145. The largest absolute Gasteiger partial charge is 0.490 e. The first-order valence-electron chi connectivity index (χ1n) is 5.80. The van der Waals surface area contributed by atoms with Crippen molar-refractivity contribution in [2.75, 3.05) is 0 Å². The average molecular weight is 250 g/mol. The summed E-state index contributed by atoms with van der Waals surface area (Å²) < 4.78 is 18.7. The molecule has 2 rings (SSSR count). The van der Waals surface area contributed by atoms with Crippen LogP contribution in [0.3, 0.4) is 0 Å². The van der Waals surface area contributed by atoms with Crippen molar-refractivity contribution in [1.29, 1.82) is 0 Å². The van der Waals surface area contributed by atoms with Crippen molar-refractivity contribution >= 4 is 5.97 Å². The number of fused-ring (bicyclic) bond motifs is 1. The van der Waals surface area contributed by atoms with E-state index in [-0.39, 0.29) is 6.10 Å². The minimum absolute atomic E-state index is 0.268. The molecule has 0 spiro atoms. The van der Waals surface area contributed by atoms with Gasteiger partial charge in [0.1, 0.15) is 17.0 Å². The van der Waals surface area contributed by atoms with Gasteiger partial charge in [0.05, 0.1) is 6.10 Å². The number of carbonyl (C=O) groups is 1. The Morgan fingerprint density at radius 3 is 3.06 bits per heavy atom. The molecule has 1 aromatic carbocycles. The minimum Gasteiger partial charge on any atom is -0.490 e. The van der Waals surface area contributed by atoms with Crippen LogP contribution in [-0.2, 0) is 10.2 Å². The molecule has 0 bridgehead atoms. The van der Waals surface area contributed by atoms with Crippen molar-refractivity contribution in [1.82, 2.24) is 0 Å². The van der Waals surface area contributed by atoms with E-state index in [1.807, 2.05) is 0 Å². The SMILES string of the molecule is C=CC[C@]1(C(=O)O)C[C@H](C)Oc2cc(F)ccc21. The lowest BCUT2D eigenvalue weighted by atomic mass is 9.72. The molecule has 0 aromatic heterocycles. The maximum Gasteiger partial charge on any atom is 0.314 e. The Balaban J connectivity index is 2.62. The minimum atomic E-state index is -1.07. The van der Waals surface area contributed by atoms with Gasteiger partial charge in [0, 0.05) is 18.1 Å². The first kappa shape index (κ1) is 12.6. The van der Waals surface area contributed by atoms with Crippen molar-refractivity contribution in [3.63, 3.8) is 0 Å². The monoisotopic (exact) mass is 250 g/mol. The van der Waals surface area contributed by atoms with E-state index in [0.717, 1.165) is 0 Å². The molecule has 18 heavy (non-hydrogen) atoms. The zero-order valence-electron chi connectivity index (χ0n) is 10.1. The Morgan fingerprint density at radius 2 is 2.44 bits per heavy atom. The maximum absolute atomic E-state index is 13.2. The molecule has 3 nitrogen and oxygen atoms in total. The fourth-order valence-electron chi connectivity index (χ4n) is 2.58. The highest BCUT2D eigenvalue weighted by Gasteiger charge is 2.46. The van der Waals surface area contributed by atoms with E-state index in [2.05, 4.69) is 6.58 Å². The second-order valence-corrected chi connectivity index (χ2v) is 4.65. The molecule has 0 unspecified atom stereocenters. The van der Waals surface area contributed by atoms with Gasteiger partial charge >= 0.3 is 5.97 Å². The third kappa shape index (κ3) is 1.88. The summed E-state index contributed by atoms with van der Waals surface area (Å²) in [6, 6.07) is 4.00. The molecule has 2 atom stereocenters. The Bertz CT molecular complexity index is 498. The van der Waals surface area contributed by atoms with Gasteiger partial charge in [0.15, 0.2) is 0 Å². The number of rotatable bonds is 3. The predicted molar refractivity (Wildman–Crippen MR) is 65.2 cm³/mol. The van der Waals surface area contributed by atoms with Gasteiger partial charge in [-0.25, -0.2) is 4.39 Å². The molecule has 1 heterocycles. The van der Waals surface area contributed by atoms with Gasteiger partial charge in [0.2, 0.25) is 0 Å². The number of hydrogen-bond donors (Lipinski definition) is 1. The summed E-state index contributed by atoms with van der Waals surface area (Å²) >= 11 is 0. The van der Waals surface area contributed by atoms with E-state index in [0.29, 0.717) is 24.2 Å². The normalized spacial score (nSPS) is 26.0. The van der Waals surface area contributed by atoms with Gasteiger partial charge in [0.25, 0.3) is 0 Å². The summed E-state index contributed by atoms with van der Waals surface area (Å²) in [7, 11) is 0. The fourth-order valence-corrected chi connectivity index (χ4v) is 2.58. The lowest BCUT2D eigenvalue weighted by Crippen LogP contribution is -2.43. The molecule has 0 aliphatic carbocycles. The number of carboxylic acid groups (broad SMARTS) is 1. The summed E-state index contributed by atoms with van der Waals surface area (Å²) in [6.45, 7) is 5.41. The molecule has 1 aromatic rings. The van der Waals surface area contributed by atoms with E-state index in [1.165, 1.54) is 18.2 Å². The van der Waals surface area contributed by atoms with E-state index in [1.54, 1.807) is 13.0 Å². The number of carboxylic acids is 1. The van der Waals surface area contributed by atoms with Gasteiger partial charge in [-0.15, -0.1) is 6.58 Å². The summed E-state index contributed by atoms with van der Waals surface area (Å²) in [6.07, 6.45) is 1.97. The topological polar surface area (TPSA) is 46.5 Å². The number of ether oxygens (including phenoxy) is 1. The second kappa shape index (κ2) is 4.44. The van der Waals surface area contributed by atoms with E-state index in [4.69, 9.17) is 4.74 Å². The van der Waals surface area contributed by atoms with Gasteiger partial charge < -0.3 is 9.84 Å². The molecule has 1 N–H and O–H groups in total. The highest BCUT2D eigenvalue weighted by Crippen LogP contribution is 2.44. The van der Waals surface area contributed by atoms with Crippen LogP contribution in [0.1, 0.15) is 25.3 Å². The zero-order valence-corrected chi connectivity index (χ0v) is 10.1. The molecule has 0 saturated carbocycles. The van der Waals surface area contributed by atoms with Crippen molar-refractivity contribution in [2.24, 2.45) is 0 Å². The molecule has 4 heteroatoms.